The minimum atomic E-state index is -0.112. The van der Waals surface area contributed by atoms with Crippen molar-refractivity contribution in [1.82, 2.24) is 15.2 Å². The van der Waals surface area contributed by atoms with Crippen molar-refractivity contribution in [3.63, 3.8) is 0 Å². The summed E-state index contributed by atoms with van der Waals surface area (Å²) in [5.41, 5.74) is 2.92. The topological polar surface area (TPSA) is 45.2 Å². The number of carbonyl (C=O) groups is 1. The van der Waals surface area contributed by atoms with Gasteiger partial charge in [-0.15, -0.1) is 0 Å². The second kappa shape index (κ2) is 9.35. The second-order valence-corrected chi connectivity index (χ2v) is 7.57. The zero-order chi connectivity index (χ0) is 19.1. The molecule has 2 aromatic carbocycles. The van der Waals surface area contributed by atoms with Gasteiger partial charge in [-0.3, -0.25) is 4.79 Å². The molecule has 5 heteroatoms. The number of carbonyl (C=O) groups excluding carboxylic acids is 1. The highest BCUT2D eigenvalue weighted by molar-refractivity contribution is 7.99. The summed E-state index contributed by atoms with van der Waals surface area (Å²) in [6.07, 6.45) is 1.71. The van der Waals surface area contributed by atoms with Crippen molar-refractivity contribution in [3.05, 3.63) is 89.6 Å². The molecule has 0 spiro atoms. The molecule has 27 heavy (non-hydrogen) atoms. The van der Waals surface area contributed by atoms with E-state index in [0.29, 0.717) is 17.1 Å². The molecule has 3 rings (SSSR count). The zero-order valence-electron chi connectivity index (χ0n) is 15.6. The molecule has 1 N–H and O–H groups in total. The van der Waals surface area contributed by atoms with Crippen molar-refractivity contribution in [2.24, 2.45) is 0 Å². The van der Waals surface area contributed by atoms with Crippen LogP contribution in [0.5, 0.6) is 0 Å². The van der Waals surface area contributed by atoms with Gasteiger partial charge in [-0.1, -0.05) is 54.2 Å². The number of pyridine rings is 1. The fraction of sp³-hybridized carbons (Fsp3) is 0.182. The Morgan fingerprint density at radius 1 is 0.963 bits per heavy atom. The Labute approximate surface area is 164 Å². The Bertz CT molecular complexity index is 880. The van der Waals surface area contributed by atoms with Gasteiger partial charge >= 0.3 is 0 Å². The number of hydrogen-bond donors (Lipinski definition) is 1. The second-order valence-electron chi connectivity index (χ2n) is 6.51. The maximum Gasteiger partial charge on any atom is 0.254 e. The normalized spacial score (nSPS) is 10.8. The standard InChI is InChI=1S/C22H23N3OS/c1-25(2)16-18-12-10-17(11-13-18)15-24-21(26)20-9-6-14-23-22(20)27-19-7-4-3-5-8-19/h3-14H,15-16H2,1-2H3,(H,24,26). The summed E-state index contributed by atoms with van der Waals surface area (Å²) in [4.78, 5) is 20.2. The third-order valence-electron chi connectivity index (χ3n) is 3.95. The van der Waals surface area contributed by atoms with Crippen molar-refractivity contribution in [2.75, 3.05) is 14.1 Å². The van der Waals surface area contributed by atoms with Crippen molar-refractivity contribution in [1.29, 1.82) is 0 Å². The van der Waals surface area contributed by atoms with Crippen molar-refractivity contribution >= 4 is 17.7 Å². The zero-order valence-corrected chi connectivity index (χ0v) is 16.4. The quantitative estimate of drug-likeness (QED) is 0.669. The van der Waals surface area contributed by atoms with Crippen LogP contribution >= 0.6 is 11.8 Å². The number of nitrogens with zero attached hydrogens (tertiary/aromatic N) is 2. The van der Waals surface area contributed by atoms with Crippen LogP contribution < -0.4 is 5.32 Å². The first kappa shape index (κ1) is 19.1. The first-order chi connectivity index (χ1) is 13.1. The largest absolute Gasteiger partial charge is 0.348 e. The van der Waals surface area contributed by atoms with E-state index in [-0.39, 0.29) is 5.91 Å². The Balaban J connectivity index is 1.64. The van der Waals surface area contributed by atoms with Gasteiger partial charge in [-0.05, 0) is 49.5 Å². The molecule has 0 unspecified atom stereocenters. The minimum Gasteiger partial charge on any atom is -0.348 e. The van der Waals surface area contributed by atoms with Gasteiger partial charge in [-0.2, -0.15) is 0 Å². The summed E-state index contributed by atoms with van der Waals surface area (Å²) in [5.74, 6) is -0.112. The molecule has 0 aliphatic heterocycles. The maximum atomic E-state index is 12.7. The molecule has 0 aliphatic rings. The number of aromatic nitrogens is 1. The lowest BCUT2D eigenvalue weighted by atomic mass is 10.1. The predicted octanol–water partition coefficient (Wildman–Crippen LogP) is 4.22. The van der Waals surface area contributed by atoms with E-state index in [1.165, 1.54) is 17.3 Å². The van der Waals surface area contributed by atoms with Gasteiger partial charge in [0.05, 0.1) is 5.56 Å². The highest BCUT2D eigenvalue weighted by Gasteiger charge is 2.13. The van der Waals surface area contributed by atoms with Crippen LogP contribution in [0, 0.1) is 0 Å². The van der Waals surface area contributed by atoms with Gasteiger partial charge in [0.25, 0.3) is 5.91 Å². The van der Waals surface area contributed by atoms with E-state index in [0.717, 1.165) is 17.0 Å². The molecular formula is C22H23N3OS. The maximum absolute atomic E-state index is 12.7. The van der Waals surface area contributed by atoms with Gasteiger partial charge < -0.3 is 10.2 Å². The molecule has 3 aromatic rings. The van der Waals surface area contributed by atoms with Crippen LogP contribution in [0.4, 0.5) is 0 Å². The smallest absolute Gasteiger partial charge is 0.254 e. The number of benzene rings is 2. The summed E-state index contributed by atoms with van der Waals surface area (Å²) < 4.78 is 0. The van der Waals surface area contributed by atoms with Crippen molar-refractivity contribution in [3.8, 4) is 0 Å². The monoisotopic (exact) mass is 377 g/mol. The third kappa shape index (κ3) is 5.67. The van der Waals surface area contributed by atoms with Crippen LogP contribution in [-0.4, -0.2) is 29.9 Å². The molecule has 0 saturated carbocycles. The van der Waals surface area contributed by atoms with Crippen LogP contribution in [0.2, 0.25) is 0 Å². The summed E-state index contributed by atoms with van der Waals surface area (Å²) in [7, 11) is 4.10. The molecule has 4 nitrogen and oxygen atoms in total. The van der Waals surface area contributed by atoms with Crippen LogP contribution in [0.3, 0.4) is 0 Å². The lowest BCUT2D eigenvalue weighted by Gasteiger charge is -2.11. The molecular weight excluding hydrogens is 354 g/mol. The molecule has 1 aromatic heterocycles. The van der Waals surface area contributed by atoms with Gasteiger partial charge in [-0.25, -0.2) is 4.98 Å². The Hall–Kier alpha value is -2.63. The third-order valence-corrected chi connectivity index (χ3v) is 4.97. The van der Waals surface area contributed by atoms with E-state index in [2.05, 4.69) is 39.5 Å². The molecule has 0 bridgehead atoms. The summed E-state index contributed by atoms with van der Waals surface area (Å²) in [6, 6.07) is 21.9. The fourth-order valence-corrected chi connectivity index (χ4v) is 3.55. The van der Waals surface area contributed by atoms with Crippen LogP contribution in [0.1, 0.15) is 21.5 Å². The van der Waals surface area contributed by atoms with E-state index in [1.807, 2.05) is 50.5 Å². The molecule has 1 heterocycles. The Morgan fingerprint density at radius 2 is 1.67 bits per heavy atom. The molecule has 0 fully saturated rings. The van der Waals surface area contributed by atoms with Crippen molar-refractivity contribution in [2.45, 2.75) is 23.0 Å². The first-order valence-electron chi connectivity index (χ1n) is 8.80. The lowest BCUT2D eigenvalue weighted by molar-refractivity contribution is 0.0947. The number of nitrogens with one attached hydrogen (secondary N) is 1. The number of amides is 1. The van der Waals surface area contributed by atoms with Crippen LogP contribution in [0.15, 0.2) is 82.8 Å². The summed E-state index contributed by atoms with van der Waals surface area (Å²) in [6.45, 7) is 1.40. The fourth-order valence-electron chi connectivity index (χ4n) is 2.65. The molecule has 0 saturated heterocycles. The first-order valence-corrected chi connectivity index (χ1v) is 9.62. The minimum absolute atomic E-state index is 0.112. The molecule has 0 aliphatic carbocycles. The van der Waals surface area contributed by atoms with Gasteiger partial charge in [0.2, 0.25) is 0 Å². The lowest BCUT2D eigenvalue weighted by Crippen LogP contribution is -2.23. The molecule has 1 amide bonds. The highest BCUT2D eigenvalue weighted by atomic mass is 32.2. The van der Waals surface area contributed by atoms with Gasteiger partial charge in [0.1, 0.15) is 5.03 Å². The number of hydrogen-bond acceptors (Lipinski definition) is 4. The van der Waals surface area contributed by atoms with Gasteiger partial charge in [0.15, 0.2) is 0 Å². The molecule has 0 radical (unpaired) electrons. The average molecular weight is 378 g/mol. The SMILES string of the molecule is CN(C)Cc1ccc(CNC(=O)c2cccnc2Sc2ccccc2)cc1. The molecule has 0 atom stereocenters. The van der Waals surface area contributed by atoms with Crippen molar-refractivity contribution < 1.29 is 4.79 Å². The summed E-state index contributed by atoms with van der Waals surface area (Å²) >= 11 is 1.50. The van der Waals surface area contributed by atoms with E-state index < -0.39 is 0 Å². The van der Waals surface area contributed by atoms with E-state index in [1.54, 1.807) is 12.3 Å². The van der Waals surface area contributed by atoms with E-state index in [4.69, 9.17) is 0 Å². The van der Waals surface area contributed by atoms with Crippen LogP contribution in [0.25, 0.3) is 0 Å². The molecule has 138 valence electrons. The predicted molar refractivity (Wildman–Crippen MR) is 110 cm³/mol. The van der Waals surface area contributed by atoms with E-state index in [9.17, 15) is 4.79 Å². The van der Waals surface area contributed by atoms with E-state index >= 15 is 0 Å². The Morgan fingerprint density at radius 3 is 2.37 bits per heavy atom. The van der Waals surface area contributed by atoms with Gasteiger partial charge in [0, 0.05) is 24.2 Å². The Kier molecular flexibility index (Phi) is 6.63. The summed E-state index contributed by atoms with van der Waals surface area (Å²) in [5, 5.41) is 3.71. The average Bonchev–Trinajstić information content (AvgIpc) is 2.68. The highest BCUT2D eigenvalue weighted by Crippen LogP contribution is 2.28. The van der Waals surface area contributed by atoms with Crippen LogP contribution in [-0.2, 0) is 13.1 Å². The number of rotatable bonds is 7.